The predicted octanol–water partition coefficient (Wildman–Crippen LogP) is 2.98. The fraction of sp³-hybridized carbons (Fsp3) is 0.526. The number of fused-ring (bicyclic) bond motifs is 1. The molecule has 0 radical (unpaired) electrons. The zero-order chi connectivity index (χ0) is 19.7. The Bertz CT molecular complexity index is 738. The van der Waals surface area contributed by atoms with Gasteiger partial charge in [0.05, 0.1) is 0 Å². The topological polar surface area (TPSA) is 84.5 Å². The minimum atomic E-state index is -1.26. The maximum atomic E-state index is 14.2. The maximum absolute atomic E-state index is 14.2. The Labute approximate surface area is 152 Å². The molecule has 2 N–H and O–H groups in total. The first-order chi connectivity index (χ1) is 11.9. The van der Waals surface area contributed by atoms with Crippen LogP contribution in [0, 0.1) is 11.7 Å². The average molecular weight is 364 g/mol. The highest BCUT2D eigenvalue weighted by Crippen LogP contribution is 2.31. The molecule has 0 spiro atoms. The minimum absolute atomic E-state index is 0.226. The average Bonchev–Trinajstić information content (AvgIpc) is 2.88. The monoisotopic (exact) mass is 364 g/mol. The van der Waals surface area contributed by atoms with Gasteiger partial charge in [0.1, 0.15) is 23.2 Å². The normalized spacial score (nSPS) is 16.6. The second-order valence-corrected chi connectivity index (χ2v) is 8.11. The van der Waals surface area contributed by atoms with Crippen LogP contribution >= 0.6 is 0 Å². The fourth-order valence-electron chi connectivity index (χ4n) is 2.79. The van der Waals surface area contributed by atoms with E-state index in [1.165, 1.54) is 19.9 Å². The highest BCUT2D eigenvalue weighted by Gasteiger charge is 2.32. The van der Waals surface area contributed by atoms with E-state index >= 15 is 0 Å². The third kappa shape index (κ3) is 4.80. The lowest BCUT2D eigenvalue weighted by Crippen LogP contribution is -2.53. The number of hydrogen-bond donors (Lipinski definition) is 2. The van der Waals surface area contributed by atoms with Crippen molar-refractivity contribution in [1.29, 1.82) is 0 Å². The molecule has 0 bridgehead atoms. The second-order valence-electron chi connectivity index (χ2n) is 8.11. The van der Waals surface area contributed by atoms with E-state index in [2.05, 4.69) is 10.6 Å². The summed E-state index contributed by atoms with van der Waals surface area (Å²) < 4.78 is 19.4. The Morgan fingerprint density at radius 3 is 2.42 bits per heavy atom. The molecule has 1 aromatic rings. The van der Waals surface area contributed by atoms with Gasteiger partial charge in [0.2, 0.25) is 5.91 Å². The van der Waals surface area contributed by atoms with E-state index in [-0.39, 0.29) is 11.6 Å². The zero-order valence-corrected chi connectivity index (χ0v) is 15.7. The number of carbonyl (C=O) groups is 3. The number of ether oxygens (including phenoxy) is 1. The van der Waals surface area contributed by atoms with E-state index < -0.39 is 29.0 Å². The van der Waals surface area contributed by atoms with Crippen LogP contribution in [0.1, 0.15) is 45.7 Å². The van der Waals surface area contributed by atoms with Gasteiger partial charge >= 0.3 is 6.09 Å². The quantitative estimate of drug-likeness (QED) is 0.805. The van der Waals surface area contributed by atoms with E-state index in [4.69, 9.17) is 4.74 Å². The maximum Gasteiger partial charge on any atom is 0.408 e. The van der Waals surface area contributed by atoms with Gasteiger partial charge < -0.3 is 20.2 Å². The van der Waals surface area contributed by atoms with Crippen LogP contribution in [0.15, 0.2) is 12.1 Å². The first-order valence-electron chi connectivity index (χ1n) is 8.50. The van der Waals surface area contributed by atoms with Gasteiger partial charge in [-0.15, -0.1) is 0 Å². The number of carbonyl (C=O) groups excluding carboxylic acids is 3. The summed E-state index contributed by atoms with van der Waals surface area (Å²) in [5.74, 6) is -1.18. The van der Waals surface area contributed by atoms with Crippen molar-refractivity contribution in [3.05, 3.63) is 29.1 Å². The summed E-state index contributed by atoms with van der Waals surface area (Å²) in [6, 6.07) is 2.90. The predicted molar refractivity (Wildman–Crippen MR) is 95.4 cm³/mol. The number of rotatable bonds is 4. The molecule has 2 amide bonds. The van der Waals surface area contributed by atoms with Crippen molar-refractivity contribution in [3.8, 4) is 0 Å². The number of anilines is 1. The van der Waals surface area contributed by atoms with E-state index in [1.807, 2.05) is 0 Å². The van der Waals surface area contributed by atoms with Gasteiger partial charge in [0.15, 0.2) is 0 Å². The van der Waals surface area contributed by atoms with E-state index in [0.29, 0.717) is 18.4 Å². The Balaban J connectivity index is 2.09. The molecular weight excluding hydrogens is 339 g/mol. The summed E-state index contributed by atoms with van der Waals surface area (Å²) in [7, 11) is 0. The molecule has 1 atom stereocenters. The van der Waals surface area contributed by atoms with Crippen molar-refractivity contribution < 1.29 is 23.5 Å². The lowest BCUT2D eigenvalue weighted by Gasteiger charge is -2.27. The number of halogens is 1. The molecule has 0 heterocycles. The minimum Gasteiger partial charge on any atom is -0.444 e. The van der Waals surface area contributed by atoms with Gasteiger partial charge in [0, 0.05) is 11.6 Å². The second kappa shape index (κ2) is 7.05. The molecule has 1 aliphatic carbocycles. The molecule has 0 aliphatic heterocycles. The largest absolute Gasteiger partial charge is 0.444 e. The van der Waals surface area contributed by atoms with Crippen LogP contribution in [0.4, 0.5) is 14.9 Å². The van der Waals surface area contributed by atoms with E-state index in [1.54, 1.807) is 26.8 Å². The number of hydrogen-bond acceptors (Lipinski definition) is 4. The molecule has 26 heavy (non-hydrogen) atoms. The van der Waals surface area contributed by atoms with Gasteiger partial charge in [0.25, 0.3) is 0 Å². The molecule has 1 aromatic carbocycles. The number of alkyl carbamates (subject to hydrolysis) is 1. The molecule has 0 aromatic heterocycles. The summed E-state index contributed by atoms with van der Waals surface area (Å²) >= 11 is 0. The molecule has 0 saturated heterocycles. The van der Waals surface area contributed by atoms with Gasteiger partial charge in [-0.05, 0) is 70.7 Å². The molecule has 142 valence electrons. The van der Waals surface area contributed by atoms with Crippen LogP contribution in [0.3, 0.4) is 0 Å². The third-order valence-corrected chi connectivity index (χ3v) is 4.07. The fourth-order valence-corrected chi connectivity index (χ4v) is 2.79. The van der Waals surface area contributed by atoms with Crippen molar-refractivity contribution in [2.24, 2.45) is 5.92 Å². The molecule has 2 rings (SSSR count). The summed E-state index contributed by atoms with van der Waals surface area (Å²) in [5.41, 5.74) is -0.420. The number of aldehydes is 1. The number of nitrogens with one attached hydrogen (secondary N) is 2. The van der Waals surface area contributed by atoms with Crippen LogP contribution in [-0.2, 0) is 27.2 Å². The molecule has 1 aliphatic rings. The van der Waals surface area contributed by atoms with Crippen LogP contribution in [0.2, 0.25) is 0 Å². The summed E-state index contributed by atoms with van der Waals surface area (Å²) in [6.07, 6.45) is 0.946. The lowest BCUT2D eigenvalue weighted by atomic mass is 10.0. The van der Waals surface area contributed by atoms with Gasteiger partial charge in [-0.25, -0.2) is 9.18 Å². The first kappa shape index (κ1) is 19.9. The molecule has 0 fully saturated rings. The van der Waals surface area contributed by atoms with Crippen LogP contribution in [0.25, 0.3) is 0 Å². The Hall–Kier alpha value is -2.44. The van der Waals surface area contributed by atoms with Crippen LogP contribution in [-0.4, -0.2) is 29.4 Å². The number of amides is 2. The molecule has 6 nitrogen and oxygen atoms in total. The molecule has 7 heteroatoms. The summed E-state index contributed by atoms with van der Waals surface area (Å²) in [5, 5.41) is 5.12. The number of benzene rings is 1. The highest BCUT2D eigenvalue weighted by atomic mass is 19.1. The van der Waals surface area contributed by atoms with E-state index in [9.17, 15) is 18.8 Å². The lowest BCUT2D eigenvalue weighted by molar-refractivity contribution is -0.121. The molecule has 0 saturated carbocycles. The summed E-state index contributed by atoms with van der Waals surface area (Å²) in [6.45, 7) is 8.22. The Kier molecular flexibility index (Phi) is 5.39. The standard InChI is InChI=1S/C19H25FN2O4/c1-18(2,3)26-17(25)22-19(4,5)16(24)21-13-8-12-6-11(10-23)7-14(12)15(20)9-13/h8-11H,6-7H2,1-5H3,(H,21,24)(H,22,25). The first-order valence-corrected chi connectivity index (χ1v) is 8.50. The van der Waals surface area contributed by atoms with Gasteiger partial charge in [-0.2, -0.15) is 0 Å². The smallest absolute Gasteiger partial charge is 0.408 e. The molecular formula is C19H25FN2O4. The van der Waals surface area contributed by atoms with Crippen molar-refractivity contribution in [3.63, 3.8) is 0 Å². The highest BCUT2D eigenvalue weighted by molar-refractivity contribution is 5.99. The van der Waals surface area contributed by atoms with Gasteiger partial charge in [-0.3, -0.25) is 4.79 Å². The summed E-state index contributed by atoms with van der Waals surface area (Å²) in [4.78, 5) is 35.3. The van der Waals surface area contributed by atoms with Crippen LogP contribution < -0.4 is 10.6 Å². The van der Waals surface area contributed by atoms with Crippen molar-refractivity contribution in [2.45, 2.75) is 58.6 Å². The van der Waals surface area contributed by atoms with Crippen molar-refractivity contribution in [2.75, 3.05) is 5.32 Å². The zero-order valence-electron chi connectivity index (χ0n) is 15.7. The van der Waals surface area contributed by atoms with Crippen molar-refractivity contribution >= 4 is 24.0 Å². The Morgan fingerprint density at radius 2 is 1.85 bits per heavy atom. The third-order valence-electron chi connectivity index (χ3n) is 4.07. The Morgan fingerprint density at radius 1 is 1.19 bits per heavy atom. The molecule has 1 unspecified atom stereocenters. The SMILES string of the molecule is CC(C)(C)OC(=O)NC(C)(C)C(=O)Nc1cc(F)c2c(c1)CC(C=O)C2. The van der Waals surface area contributed by atoms with Crippen molar-refractivity contribution in [1.82, 2.24) is 5.32 Å². The van der Waals surface area contributed by atoms with E-state index in [0.717, 1.165) is 11.8 Å². The van der Waals surface area contributed by atoms with Crippen LogP contribution in [0.5, 0.6) is 0 Å². The van der Waals surface area contributed by atoms with Gasteiger partial charge in [-0.1, -0.05) is 0 Å².